The highest BCUT2D eigenvalue weighted by atomic mass is 16.4. The highest BCUT2D eigenvalue weighted by molar-refractivity contribution is 5.95. The van der Waals surface area contributed by atoms with Crippen molar-refractivity contribution in [3.05, 3.63) is 35.9 Å². The third-order valence-electron chi connectivity index (χ3n) is 5.78. The Hall–Kier alpha value is -4.00. The summed E-state index contributed by atoms with van der Waals surface area (Å²) in [5, 5.41) is 25.3. The van der Waals surface area contributed by atoms with E-state index in [0.717, 1.165) is 0 Å². The predicted octanol–water partition coefficient (Wildman–Crippen LogP) is -1.12. The first-order valence-corrected chi connectivity index (χ1v) is 11.8. The average molecular weight is 522 g/mol. The van der Waals surface area contributed by atoms with Crippen LogP contribution in [0.25, 0.3) is 0 Å². The maximum atomic E-state index is 13.1. The zero-order chi connectivity index (χ0) is 28.1. The standard InChI is InChI=1S/C24H35N5O8/c1-3-13(2)20(26)23(35)27-15(9-10-18(25)30)21(33)28-16(11-14-7-5-4-6-8-14)22(34)29-17(24(36)37)12-19(31)32/h4-8,13,15-17,20H,3,9-12,26H2,1-2H3,(H2,25,30)(H,27,35)(H,28,33)(H,29,34)(H,31,32)(H,36,37). The van der Waals surface area contributed by atoms with Gasteiger partial charge in [0.1, 0.15) is 18.1 Å². The molecule has 0 aliphatic heterocycles. The summed E-state index contributed by atoms with van der Waals surface area (Å²) in [5.74, 6) is -6.31. The highest BCUT2D eigenvalue weighted by Gasteiger charge is 2.32. The van der Waals surface area contributed by atoms with Crippen molar-refractivity contribution in [1.29, 1.82) is 0 Å². The van der Waals surface area contributed by atoms with Crippen molar-refractivity contribution in [2.24, 2.45) is 17.4 Å². The van der Waals surface area contributed by atoms with E-state index in [1.165, 1.54) is 0 Å². The van der Waals surface area contributed by atoms with Gasteiger partial charge in [0.25, 0.3) is 0 Å². The number of carbonyl (C=O) groups is 6. The van der Waals surface area contributed by atoms with Crippen LogP contribution in [-0.2, 0) is 35.2 Å². The fourth-order valence-electron chi connectivity index (χ4n) is 3.31. The molecule has 4 amide bonds. The second-order valence-electron chi connectivity index (χ2n) is 8.73. The van der Waals surface area contributed by atoms with Gasteiger partial charge in [-0.1, -0.05) is 50.6 Å². The van der Waals surface area contributed by atoms with Crippen molar-refractivity contribution in [3.63, 3.8) is 0 Å². The number of carboxylic acids is 2. The number of nitrogens with one attached hydrogen (secondary N) is 3. The van der Waals surface area contributed by atoms with E-state index in [2.05, 4.69) is 16.0 Å². The average Bonchev–Trinajstić information content (AvgIpc) is 2.84. The predicted molar refractivity (Wildman–Crippen MR) is 132 cm³/mol. The van der Waals surface area contributed by atoms with Crippen LogP contribution in [0, 0.1) is 5.92 Å². The Balaban J connectivity index is 3.17. The van der Waals surface area contributed by atoms with E-state index in [0.29, 0.717) is 12.0 Å². The topological polar surface area (TPSA) is 231 Å². The molecule has 0 aliphatic rings. The summed E-state index contributed by atoms with van der Waals surface area (Å²) in [4.78, 5) is 72.5. The number of carboxylic acid groups (broad SMARTS) is 2. The minimum atomic E-state index is -1.74. The number of aliphatic carboxylic acids is 2. The number of carbonyl (C=O) groups excluding carboxylic acids is 4. The summed E-state index contributed by atoms with van der Waals surface area (Å²) < 4.78 is 0. The van der Waals surface area contributed by atoms with Crippen molar-refractivity contribution < 1.29 is 39.0 Å². The first kappa shape index (κ1) is 31.0. The molecule has 37 heavy (non-hydrogen) atoms. The molecule has 0 aliphatic carbocycles. The normalized spacial score (nSPS) is 14.8. The molecule has 0 spiro atoms. The van der Waals surface area contributed by atoms with E-state index < -0.39 is 66.2 Å². The van der Waals surface area contributed by atoms with Crippen LogP contribution in [0.2, 0.25) is 0 Å². The SMILES string of the molecule is CCC(C)C(N)C(=O)NC(CCC(N)=O)C(=O)NC(Cc1ccccc1)C(=O)NC(CC(=O)O)C(=O)O. The van der Waals surface area contributed by atoms with Crippen LogP contribution in [0.5, 0.6) is 0 Å². The summed E-state index contributed by atoms with van der Waals surface area (Å²) in [6.07, 6.45) is -0.755. The minimum absolute atomic E-state index is 0.0688. The van der Waals surface area contributed by atoms with Crippen LogP contribution in [0.4, 0.5) is 0 Å². The van der Waals surface area contributed by atoms with Crippen LogP contribution >= 0.6 is 0 Å². The third-order valence-corrected chi connectivity index (χ3v) is 5.78. The van der Waals surface area contributed by atoms with Crippen LogP contribution in [0.3, 0.4) is 0 Å². The zero-order valence-electron chi connectivity index (χ0n) is 20.8. The summed E-state index contributed by atoms with van der Waals surface area (Å²) in [7, 11) is 0. The quantitative estimate of drug-likeness (QED) is 0.139. The maximum Gasteiger partial charge on any atom is 0.326 e. The second kappa shape index (κ2) is 15.2. The summed E-state index contributed by atoms with van der Waals surface area (Å²) >= 11 is 0. The Kier molecular flexibility index (Phi) is 12.7. The fourth-order valence-corrected chi connectivity index (χ4v) is 3.31. The van der Waals surface area contributed by atoms with Gasteiger partial charge in [0.2, 0.25) is 23.6 Å². The molecule has 0 saturated heterocycles. The molecule has 1 aromatic rings. The number of amides is 4. The van der Waals surface area contributed by atoms with Gasteiger partial charge >= 0.3 is 11.9 Å². The molecule has 0 bridgehead atoms. The van der Waals surface area contributed by atoms with Crippen LogP contribution in [-0.4, -0.2) is 69.9 Å². The summed E-state index contributed by atoms with van der Waals surface area (Å²) in [6, 6.07) is 3.22. The van der Waals surface area contributed by atoms with Gasteiger partial charge in [-0.05, 0) is 17.9 Å². The number of hydrogen-bond donors (Lipinski definition) is 7. The fraction of sp³-hybridized carbons (Fsp3) is 0.500. The molecule has 0 aromatic heterocycles. The van der Waals surface area contributed by atoms with Crippen LogP contribution in [0.15, 0.2) is 30.3 Å². The molecular weight excluding hydrogens is 486 g/mol. The van der Waals surface area contributed by atoms with Crippen molar-refractivity contribution in [1.82, 2.24) is 16.0 Å². The molecule has 13 heteroatoms. The largest absolute Gasteiger partial charge is 0.481 e. The molecule has 0 heterocycles. The van der Waals surface area contributed by atoms with Crippen molar-refractivity contribution in [2.75, 3.05) is 0 Å². The first-order valence-electron chi connectivity index (χ1n) is 11.8. The summed E-state index contributed by atoms with van der Waals surface area (Å²) in [5.41, 5.74) is 11.8. The van der Waals surface area contributed by atoms with Crippen molar-refractivity contribution in [2.45, 2.75) is 70.1 Å². The van der Waals surface area contributed by atoms with Crippen molar-refractivity contribution >= 4 is 35.6 Å². The lowest BCUT2D eigenvalue weighted by Gasteiger charge is -2.26. The Labute approximate surface area is 214 Å². The van der Waals surface area contributed by atoms with E-state index in [4.69, 9.17) is 16.6 Å². The van der Waals surface area contributed by atoms with Gasteiger partial charge in [-0.15, -0.1) is 0 Å². The lowest BCUT2D eigenvalue weighted by atomic mass is 9.98. The Bertz CT molecular complexity index is 971. The van der Waals surface area contributed by atoms with Crippen LogP contribution in [0.1, 0.15) is 45.1 Å². The first-order chi connectivity index (χ1) is 17.3. The van der Waals surface area contributed by atoms with E-state index >= 15 is 0 Å². The van der Waals surface area contributed by atoms with E-state index in [9.17, 15) is 33.9 Å². The lowest BCUT2D eigenvalue weighted by molar-refractivity contribution is -0.147. The zero-order valence-corrected chi connectivity index (χ0v) is 20.8. The molecule has 0 saturated carbocycles. The minimum Gasteiger partial charge on any atom is -0.481 e. The molecule has 204 valence electrons. The van der Waals surface area contributed by atoms with Gasteiger partial charge < -0.3 is 37.6 Å². The number of nitrogens with two attached hydrogens (primary N) is 2. The highest BCUT2D eigenvalue weighted by Crippen LogP contribution is 2.09. The van der Waals surface area contributed by atoms with Crippen LogP contribution < -0.4 is 27.4 Å². The smallest absolute Gasteiger partial charge is 0.326 e. The van der Waals surface area contributed by atoms with Crippen molar-refractivity contribution in [3.8, 4) is 0 Å². The van der Waals surface area contributed by atoms with Gasteiger partial charge in [0, 0.05) is 12.8 Å². The number of rotatable bonds is 16. The Morgan fingerprint density at radius 2 is 1.41 bits per heavy atom. The molecule has 1 aromatic carbocycles. The second-order valence-corrected chi connectivity index (χ2v) is 8.73. The number of benzene rings is 1. The summed E-state index contributed by atoms with van der Waals surface area (Å²) in [6.45, 7) is 3.61. The Morgan fingerprint density at radius 3 is 1.92 bits per heavy atom. The molecular formula is C24H35N5O8. The van der Waals surface area contributed by atoms with Gasteiger partial charge in [-0.25, -0.2) is 4.79 Å². The molecule has 0 fully saturated rings. The number of primary amides is 1. The molecule has 13 nitrogen and oxygen atoms in total. The molecule has 5 atom stereocenters. The number of hydrogen-bond acceptors (Lipinski definition) is 7. The van der Waals surface area contributed by atoms with Gasteiger partial charge in [0.05, 0.1) is 12.5 Å². The monoisotopic (exact) mass is 521 g/mol. The Morgan fingerprint density at radius 1 is 0.865 bits per heavy atom. The van der Waals surface area contributed by atoms with Gasteiger partial charge in [0.15, 0.2) is 0 Å². The molecule has 5 unspecified atom stereocenters. The van der Waals surface area contributed by atoms with E-state index in [1.807, 2.05) is 6.92 Å². The molecule has 0 radical (unpaired) electrons. The third kappa shape index (κ3) is 11.1. The molecule has 1 rings (SSSR count). The lowest BCUT2D eigenvalue weighted by Crippen LogP contribution is -2.58. The van der Waals surface area contributed by atoms with E-state index in [-0.39, 0.29) is 25.2 Å². The van der Waals surface area contributed by atoms with E-state index in [1.54, 1.807) is 37.3 Å². The van der Waals surface area contributed by atoms with Gasteiger partial charge in [-0.3, -0.25) is 24.0 Å². The van der Waals surface area contributed by atoms with Gasteiger partial charge in [-0.2, -0.15) is 0 Å². The molecule has 9 N–H and O–H groups in total. The maximum absolute atomic E-state index is 13.1.